The van der Waals surface area contributed by atoms with Gasteiger partial charge in [-0.25, -0.2) is 4.79 Å². The fraction of sp³-hybridized carbons (Fsp3) is 0.417. The van der Waals surface area contributed by atoms with Crippen molar-refractivity contribution in [3.05, 3.63) is 18.0 Å². The van der Waals surface area contributed by atoms with E-state index in [0.717, 1.165) is 4.90 Å². The number of nitrogens with one attached hydrogen (secondary N) is 1. The monoisotopic (exact) mass is 246 g/mol. The summed E-state index contributed by atoms with van der Waals surface area (Å²) in [6, 6.07) is -0.455. The van der Waals surface area contributed by atoms with Gasteiger partial charge in [-0.2, -0.15) is 5.10 Å². The highest BCUT2D eigenvalue weighted by molar-refractivity contribution is 6.07. The fourth-order valence-electron chi connectivity index (χ4n) is 2.14. The van der Waals surface area contributed by atoms with E-state index in [2.05, 4.69) is 16.3 Å². The Kier molecular flexibility index (Phi) is 2.83. The zero-order valence-corrected chi connectivity index (χ0v) is 10.3. The average Bonchev–Trinajstić information content (AvgIpc) is 2.87. The number of carbonyl (C=O) groups excluding carboxylic acids is 2. The van der Waals surface area contributed by atoms with Crippen LogP contribution in [0.25, 0.3) is 0 Å². The van der Waals surface area contributed by atoms with Gasteiger partial charge in [-0.1, -0.05) is 12.8 Å². The molecule has 1 atom stereocenters. The van der Waals surface area contributed by atoms with Gasteiger partial charge in [-0.3, -0.25) is 14.4 Å². The highest BCUT2D eigenvalue weighted by Gasteiger charge is 2.51. The fourth-order valence-corrected chi connectivity index (χ4v) is 2.14. The molecular weight excluding hydrogens is 232 g/mol. The van der Waals surface area contributed by atoms with E-state index in [-0.39, 0.29) is 12.5 Å². The van der Waals surface area contributed by atoms with Gasteiger partial charge in [0.05, 0.1) is 12.7 Å². The highest BCUT2D eigenvalue weighted by atomic mass is 16.2. The van der Waals surface area contributed by atoms with Crippen molar-refractivity contribution < 1.29 is 9.59 Å². The maximum absolute atomic E-state index is 12.4. The third-order valence-electron chi connectivity index (χ3n) is 3.15. The van der Waals surface area contributed by atoms with Gasteiger partial charge in [0.1, 0.15) is 5.54 Å². The van der Waals surface area contributed by atoms with Crippen LogP contribution in [-0.4, -0.2) is 33.2 Å². The van der Waals surface area contributed by atoms with E-state index in [0.29, 0.717) is 12.0 Å². The minimum atomic E-state index is -1.04. The van der Waals surface area contributed by atoms with Gasteiger partial charge in [-0.05, 0) is 6.42 Å². The SMILES string of the molecule is C#CCN1C(=O)N[C@](CC)(c2cnn(C)c2)C1=O. The number of terminal acetylenes is 1. The Morgan fingerprint density at radius 1 is 1.56 bits per heavy atom. The lowest BCUT2D eigenvalue weighted by Crippen LogP contribution is -2.43. The van der Waals surface area contributed by atoms with Crippen LogP contribution in [0.3, 0.4) is 0 Å². The Labute approximate surface area is 105 Å². The topological polar surface area (TPSA) is 67.2 Å². The molecule has 0 aliphatic carbocycles. The smallest absolute Gasteiger partial charge is 0.319 e. The minimum absolute atomic E-state index is 0.0212. The summed E-state index contributed by atoms with van der Waals surface area (Å²) in [7, 11) is 1.76. The van der Waals surface area contributed by atoms with Crippen LogP contribution in [0.1, 0.15) is 18.9 Å². The molecule has 1 aromatic heterocycles. The van der Waals surface area contributed by atoms with Crippen LogP contribution in [0.2, 0.25) is 0 Å². The molecule has 0 saturated carbocycles. The van der Waals surface area contributed by atoms with Crippen molar-refractivity contribution in [2.45, 2.75) is 18.9 Å². The zero-order chi connectivity index (χ0) is 13.3. The number of urea groups is 1. The Morgan fingerprint density at radius 2 is 2.28 bits per heavy atom. The number of carbonyl (C=O) groups is 2. The molecule has 1 aliphatic heterocycles. The highest BCUT2D eigenvalue weighted by Crippen LogP contribution is 2.31. The number of nitrogens with zero attached hydrogens (tertiary/aromatic N) is 3. The van der Waals surface area contributed by atoms with Gasteiger partial charge in [0, 0.05) is 18.8 Å². The first kappa shape index (κ1) is 12.2. The van der Waals surface area contributed by atoms with Gasteiger partial charge >= 0.3 is 6.03 Å². The first-order chi connectivity index (χ1) is 8.55. The molecular formula is C12H14N4O2. The molecule has 1 saturated heterocycles. The van der Waals surface area contributed by atoms with Crippen molar-refractivity contribution in [2.75, 3.05) is 6.54 Å². The van der Waals surface area contributed by atoms with Gasteiger partial charge < -0.3 is 5.32 Å². The van der Waals surface area contributed by atoms with Crippen molar-refractivity contribution >= 4 is 11.9 Å². The van der Waals surface area contributed by atoms with E-state index in [1.165, 1.54) is 0 Å². The molecule has 1 fully saturated rings. The number of imide groups is 1. The second-order valence-corrected chi connectivity index (χ2v) is 4.19. The third-order valence-corrected chi connectivity index (χ3v) is 3.15. The van der Waals surface area contributed by atoms with Crippen molar-refractivity contribution in [2.24, 2.45) is 7.05 Å². The van der Waals surface area contributed by atoms with E-state index < -0.39 is 11.6 Å². The van der Waals surface area contributed by atoms with Crippen LogP contribution in [0.5, 0.6) is 0 Å². The molecule has 1 N–H and O–H groups in total. The Bertz CT molecular complexity index is 543. The normalized spacial score (nSPS) is 23.1. The standard InChI is InChI=1S/C12H14N4O2/c1-4-6-16-10(17)12(5-2,14-11(16)18)9-7-13-15(3)8-9/h1,7-8H,5-6H2,2-3H3,(H,14,18)/t12-/m1/s1. The predicted octanol–water partition coefficient (Wildman–Crippen LogP) is 0.210. The summed E-state index contributed by atoms with van der Waals surface area (Å²) in [5.74, 6) is 1.99. The van der Waals surface area contributed by atoms with Gasteiger partial charge in [-0.15, -0.1) is 6.42 Å². The van der Waals surface area contributed by atoms with E-state index in [1.54, 1.807) is 24.1 Å². The molecule has 0 unspecified atom stereocenters. The van der Waals surface area contributed by atoms with E-state index >= 15 is 0 Å². The van der Waals surface area contributed by atoms with Crippen LogP contribution in [0.15, 0.2) is 12.4 Å². The molecule has 1 aliphatic rings. The summed E-state index contributed by atoms with van der Waals surface area (Å²) in [4.78, 5) is 25.2. The molecule has 2 rings (SSSR count). The first-order valence-electron chi connectivity index (χ1n) is 5.62. The van der Waals surface area contributed by atoms with E-state index in [1.807, 2.05) is 6.92 Å². The van der Waals surface area contributed by atoms with Crippen LogP contribution in [0, 0.1) is 12.3 Å². The van der Waals surface area contributed by atoms with Crippen LogP contribution in [0.4, 0.5) is 4.79 Å². The van der Waals surface area contributed by atoms with Crippen molar-refractivity contribution in [1.29, 1.82) is 0 Å². The number of hydrogen-bond donors (Lipinski definition) is 1. The summed E-state index contributed by atoms with van der Waals surface area (Å²) >= 11 is 0. The maximum atomic E-state index is 12.4. The second kappa shape index (κ2) is 4.18. The van der Waals surface area contributed by atoms with Crippen LogP contribution >= 0.6 is 0 Å². The largest absolute Gasteiger partial charge is 0.326 e. The lowest BCUT2D eigenvalue weighted by atomic mass is 9.89. The summed E-state index contributed by atoms with van der Waals surface area (Å²) < 4.78 is 1.59. The maximum Gasteiger partial charge on any atom is 0.326 e. The molecule has 18 heavy (non-hydrogen) atoms. The molecule has 1 aromatic rings. The number of hydrogen-bond acceptors (Lipinski definition) is 3. The molecule has 0 bridgehead atoms. The Morgan fingerprint density at radius 3 is 2.78 bits per heavy atom. The van der Waals surface area contributed by atoms with Crippen molar-refractivity contribution in [1.82, 2.24) is 20.0 Å². The summed E-state index contributed by atoms with van der Waals surface area (Å²) in [5.41, 5.74) is -0.368. The van der Waals surface area contributed by atoms with Gasteiger partial charge in [0.2, 0.25) is 0 Å². The van der Waals surface area contributed by atoms with Crippen LogP contribution < -0.4 is 5.32 Å². The van der Waals surface area contributed by atoms with Crippen molar-refractivity contribution in [3.63, 3.8) is 0 Å². The molecule has 0 radical (unpaired) electrons. The predicted molar refractivity (Wildman–Crippen MR) is 64.3 cm³/mol. The summed E-state index contributed by atoms with van der Waals surface area (Å²) in [5, 5.41) is 6.76. The third kappa shape index (κ3) is 1.56. The van der Waals surface area contributed by atoms with E-state index in [4.69, 9.17) is 6.42 Å². The van der Waals surface area contributed by atoms with E-state index in [9.17, 15) is 9.59 Å². The second-order valence-electron chi connectivity index (χ2n) is 4.19. The lowest BCUT2D eigenvalue weighted by molar-refractivity contribution is -0.131. The first-order valence-corrected chi connectivity index (χ1v) is 5.62. The number of amides is 3. The average molecular weight is 246 g/mol. The lowest BCUT2D eigenvalue weighted by Gasteiger charge is -2.23. The molecule has 6 nitrogen and oxygen atoms in total. The quantitative estimate of drug-likeness (QED) is 0.612. The minimum Gasteiger partial charge on any atom is -0.319 e. The molecule has 0 spiro atoms. The molecule has 0 aromatic carbocycles. The number of rotatable bonds is 3. The van der Waals surface area contributed by atoms with Crippen molar-refractivity contribution in [3.8, 4) is 12.3 Å². The van der Waals surface area contributed by atoms with Gasteiger partial charge in [0.15, 0.2) is 0 Å². The summed E-state index contributed by atoms with van der Waals surface area (Å²) in [6.07, 6.45) is 8.92. The van der Waals surface area contributed by atoms with Gasteiger partial charge in [0.25, 0.3) is 5.91 Å². The summed E-state index contributed by atoms with van der Waals surface area (Å²) in [6.45, 7) is 1.82. The Balaban J connectivity index is 2.44. The molecule has 2 heterocycles. The van der Waals surface area contributed by atoms with Crippen LogP contribution in [-0.2, 0) is 17.4 Å². The molecule has 3 amide bonds. The zero-order valence-electron chi connectivity index (χ0n) is 10.3. The number of aromatic nitrogens is 2. The molecule has 94 valence electrons. The Hall–Kier alpha value is -2.29. The molecule has 6 heteroatoms. The number of aryl methyl sites for hydroxylation is 1.